The Morgan fingerprint density at radius 2 is 1.94 bits per heavy atom. The molecule has 0 amide bonds. The van der Waals surface area contributed by atoms with Crippen molar-refractivity contribution in [2.45, 2.75) is 13.0 Å². The first kappa shape index (κ1) is 22.5. The number of hydrogen-bond acceptors (Lipinski definition) is 6. The van der Waals surface area contributed by atoms with Crippen LogP contribution in [0.3, 0.4) is 0 Å². The van der Waals surface area contributed by atoms with E-state index in [2.05, 4.69) is 44.2 Å². The van der Waals surface area contributed by atoms with E-state index >= 15 is 0 Å². The second kappa shape index (κ2) is 9.60. The monoisotopic (exact) mass is 496 g/mol. The molecule has 4 heterocycles. The number of benzene rings is 2. The standard InChI is InChI=1S/C28H25ClN6O/c1-18-17-35(13-14-36-18)26-10-8-21-24(33-26)11-12-30-27(21)32-20-7-9-23(29)22(15-20)28-31-16-25(34-28)19-5-3-2-4-6-19/h2-12,15-16,18H,13-14,17H2,1H3,(H,30,32)(H,31,34). The molecule has 0 radical (unpaired) electrons. The fourth-order valence-corrected chi connectivity index (χ4v) is 4.70. The topological polar surface area (TPSA) is 79.0 Å². The number of halogens is 1. The lowest BCUT2D eigenvalue weighted by Crippen LogP contribution is -2.41. The van der Waals surface area contributed by atoms with Crippen LogP contribution in [0.15, 0.2) is 79.1 Å². The van der Waals surface area contributed by atoms with Crippen molar-refractivity contribution in [3.05, 3.63) is 84.1 Å². The summed E-state index contributed by atoms with van der Waals surface area (Å²) in [6, 6.07) is 21.9. The first-order valence-corrected chi connectivity index (χ1v) is 12.3. The molecule has 7 nitrogen and oxygen atoms in total. The number of aromatic amines is 1. The summed E-state index contributed by atoms with van der Waals surface area (Å²) in [5, 5.41) is 5.01. The minimum absolute atomic E-state index is 0.197. The average Bonchev–Trinajstić information content (AvgIpc) is 3.40. The van der Waals surface area contributed by atoms with Crippen LogP contribution in [0.1, 0.15) is 6.92 Å². The molecule has 1 saturated heterocycles. The number of nitrogens with zero attached hydrogens (tertiary/aromatic N) is 4. The number of aromatic nitrogens is 4. The second-order valence-electron chi connectivity index (χ2n) is 8.85. The quantitative estimate of drug-likeness (QED) is 0.297. The lowest BCUT2D eigenvalue weighted by molar-refractivity contribution is 0.0529. The van der Waals surface area contributed by atoms with Gasteiger partial charge in [0.1, 0.15) is 17.5 Å². The number of nitrogens with one attached hydrogen (secondary N) is 2. The number of hydrogen-bond donors (Lipinski definition) is 2. The number of H-pyrrole nitrogens is 1. The van der Waals surface area contributed by atoms with Crippen LogP contribution in [-0.2, 0) is 4.74 Å². The maximum atomic E-state index is 6.56. The van der Waals surface area contributed by atoms with Crippen molar-refractivity contribution in [1.29, 1.82) is 0 Å². The fourth-order valence-electron chi connectivity index (χ4n) is 4.49. The molecule has 36 heavy (non-hydrogen) atoms. The van der Waals surface area contributed by atoms with Crippen molar-refractivity contribution >= 4 is 39.8 Å². The maximum Gasteiger partial charge on any atom is 0.139 e. The molecule has 2 aromatic carbocycles. The molecule has 1 fully saturated rings. The number of rotatable bonds is 5. The molecular formula is C28H25ClN6O. The van der Waals surface area contributed by atoms with Crippen molar-refractivity contribution in [3.63, 3.8) is 0 Å². The minimum Gasteiger partial charge on any atom is -0.375 e. The fraction of sp³-hybridized carbons (Fsp3) is 0.179. The zero-order chi connectivity index (χ0) is 24.5. The molecule has 2 N–H and O–H groups in total. The van der Waals surface area contributed by atoms with E-state index < -0.39 is 0 Å². The van der Waals surface area contributed by atoms with Crippen LogP contribution < -0.4 is 10.2 Å². The summed E-state index contributed by atoms with van der Waals surface area (Å²) in [6.45, 7) is 4.47. The Hall–Kier alpha value is -3.94. The first-order valence-electron chi connectivity index (χ1n) is 11.9. The second-order valence-corrected chi connectivity index (χ2v) is 9.26. The molecule has 180 valence electrons. The Kier molecular flexibility index (Phi) is 6.01. The zero-order valence-corrected chi connectivity index (χ0v) is 20.5. The Labute approximate surface area is 214 Å². The molecular weight excluding hydrogens is 472 g/mol. The van der Waals surface area contributed by atoms with Gasteiger partial charge in [0.2, 0.25) is 0 Å². The number of fused-ring (bicyclic) bond motifs is 1. The van der Waals surface area contributed by atoms with Gasteiger partial charge in [-0.1, -0.05) is 41.9 Å². The van der Waals surface area contributed by atoms with Crippen LogP contribution in [-0.4, -0.2) is 45.7 Å². The average molecular weight is 497 g/mol. The summed E-state index contributed by atoms with van der Waals surface area (Å²) in [7, 11) is 0. The Morgan fingerprint density at radius 3 is 2.81 bits per heavy atom. The molecule has 3 aromatic heterocycles. The van der Waals surface area contributed by atoms with Crippen LogP contribution in [0, 0.1) is 0 Å². The van der Waals surface area contributed by atoms with Gasteiger partial charge in [-0.05, 0) is 48.9 Å². The van der Waals surface area contributed by atoms with E-state index in [-0.39, 0.29) is 6.10 Å². The molecule has 0 aliphatic carbocycles. The van der Waals surface area contributed by atoms with Crippen molar-refractivity contribution in [2.24, 2.45) is 0 Å². The third-order valence-corrected chi connectivity index (χ3v) is 6.64. The van der Waals surface area contributed by atoms with E-state index in [1.54, 1.807) is 6.20 Å². The summed E-state index contributed by atoms with van der Waals surface area (Å²) < 4.78 is 5.67. The molecule has 1 atom stereocenters. The molecule has 1 unspecified atom stereocenters. The number of morpholine rings is 1. The van der Waals surface area contributed by atoms with E-state index in [1.165, 1.54) is 0 Å². The molecule has 5 aromatic rings. The lowest BCUT2D eigenvalue weighted by Gasteiger charge is -2.32. The highest BCUT2D eigenvalue weighted by Crippen LogP contribution is 2.32. The van der Waals surface area contributed by atoms with Crippen molar-refractivity contribution < 1.29 is 4.74 Å². The van der Waals surface area contributed by atoms with Gasteiger partial charge in [0.05, 0.1) is 35.1 Å². The van der Waals surface area contributed by atoms with Crippen LogP contribution in [0.2, 0.25) is 5.02 Å². The van der Waals surface area contributed by atoms with Gasteiger partial charge in [0.25, 0.3) is 0 Å². The normalized spacial score (nSPS) is 15.8. The summed E-state index contributed by atoms with van der Waals surface area (Å²) in [5.41, 5.74) is 4.56. The number of anilines is 3. The predicted octanol–water partition coefficient (Wildman–Crippen LogP) is 6.31. The van der Waals surface area contributed by atoms with E-state index in [9.17, 15) is 0 Å². The number of pyridine rings is 2. The first-order chi connectivity index (χ1) is 17.6. The predicted molar refractivity (Wildman–Crippen MR) is 145 cm³/mol. The van der Waals surface area contributed by atoms with Crippen LogP contribution >= 0.6 is 11.6 Å². The van der Waals surface area contributed by atoms with Crippen LogP contribution in [0.4, 0.5) is 17.3 Å². The Bertz CT molecular complexity index is 1520. The SMILES string of the molecule is CC1CN(c2ccc3c(Nc4ccc(Cl)c(-c5ncc(-c6ccccc6)[nH]5)c4)nccc3n2)CCO1. The molecule has 6 rings (SSSR count). The molecule has 8 heteroatoms. The van der Waals surface area contributed by atoms with E-state index in [1.807, 2.05) is 60.8 Å². The van der Waals surface area contributed by atoms with Gasteiger partial charge in [0.15, 0.2) is 0 Å². The van der Waals surface area contributed by atoms with Gasteiger partial charge in [-0.15, -0.1) is 0 Å². The number of imidazole rings is 1. The van der Waals surface area contributed by atoms with Gasteiger partial charge < -0.3 is 19.9 Å². The summed E-state index contributed by atoms with van der Waals surface area (Å²) in [4.78, 5) is 19.7. The van der Waals surface area contributed by atoms with Gasteiger partial charge in [0, 0.05) is 35.9 Å². The van der Waals surface area contributed by atoms with Crippen molar-refractivity contribution in [1.82, 2.24) is 19.9 Å². The third-order valence-electron chi connectivity index (χ3n) is 6.31. The smallest absolute Gasteiger partial charge is 0.139 e. The summed E-state index contributed by atoms with van der Waals surface area (Å²) in [5.74, 6) is 2.40. The highest BCUT2D eigenvalue weighted by atomic mass is 35.5. The molecule has 0 spiro atoms. The van der Waals surface area contributed by atoms with Crippen LogP contribution in [0.25, 0.3) is 33.5 Å². The van der Waals surface area contributed by atoms with Crippen molar-refractivity contribution in [2.75, 3.05) is 29.9 Å². The van der Waals surface area contributed by atoms with Gasteiger partial charge in [-0.25, -0.2) is 15.0 Å². The molecule has 1 aliphatic heterocycles. The maximum absolute atomic E-state index is 6.56. The highest BCUT2D eigenvalue weighted by molar-refractivity contribution is 6.33. The molecule has 0 saturated carbocycles. The highest BCUT2D eigenvalue weighted by Gasteiger charge is 2.19. The van der Waals surface area contributed by atoms with Gasteiger partial charge in [-0.2, -0.15) is 0 Å². The van der Waals surface area contributed by atoms with Gasteiger partial charge in [-0.3, -0.25) is 0 Å². The van der Waals surface area contributed by atoms with Crippen molar-refractivity contribution in [3.8, 4) is 22.6 Å². The van der Waals surface area contributed by atoms with Crippen LogP contribution in [0.5, 0.6) is 0 Å². The zero-order valence-electron chi connectivity index (χ0n) is 19.8. The largest absolute Gasteiger partial charge is 0.375 e. The van der Waals surface area contributed by atoms with Gasteiger partial charge >= 0.3 is 0 Å². The summed E-state index contributed by atoms with van der Waals surface area (Å²) in [6.07, 6.45) is 3.80. The lowest BCUT2D eigenvalue weighted by atomic mass is 10.1. The van der Waals surface area contributed by atoms with E-state index in [0.717, 1.165) is 58.1 Å². The molecule has 1 aliphatic rings. The number of ether oxygens (including phenoxy) is 1. The minimum atomic E-state index is 0.197. The Morgan fingerprint density at radius 1 is 1.06 bits per heavy atom. The third kappa shape index (κ3) is 4.51. The summed E-state index contributed by atoms with van der Waals surface area (Å²) >= 11 is 6.56. The Balaban J connectivity index is 1.29. The van der Waals surface area contributed by atoms with E-state index in [4.69, 9.17) is 21.3 Å². The molecule has 0 bridgehead atoms. The van der Waals surface area contributed by atoms with E-state index in [0.29, 0.717) is 17.5 Å².